The Balaban J connectivity index is 2.28. The molecular formula is C8H7Cl2N3O. The summed E-state index contributed by atoms with van der Waals surface area (Å²) in [5, 5.41) is 12.5. The van der Waals surface area contributed by atoms with Crippen LogP contribution in [0, 0.1) is 0 Å². The molecule has 0 bridgehead atoms. The molecule has 0 aromatic heterocycles. The zero-order chi connectivity index (χ0) is 10.1. The van der Waals surface area contributed by atoms with Crippen molar-refractivity contribution in [3.05, 3.63) is 40.6 Å². The van der Waals surface area contributed by atoms with Crippen LogP contribution in [0.4, 0.5) is 5.69 Å². The molecule has 2 rings (SSSR count). The van der Waals surface area contributed by atoms with Gasteiger partial charge in [0.05, 0.1) is 11.9 Å². The first-order chi connectivity index (χ1) is 6.65. The van der Waals surface area contributed by atoms with Gasteiger partial charge in [-0.15, -0.1) is 5.53 Å². The number of benzene rings is 1. The molecule has 0 saturated heterocycles. The smallest absolute Gasteiger partial charge is 0.0657 e. The molecule has 74 valence electrons. The number of anilines is 1. The predicted molar refractivity (Wildman–Crippen MR) is 54.8 cm³/mol. The number of rotatable bonds is 1. The maximum atomic E-state index is 9.03. The van der Waals surface area contributed by atoms with Gasteiger partial charge in [-0.3, -0.25) is 10.2 Å². The van der Waals surface area contributed by atoms with Crippen molar-refractivity contribution in [2.75, 3.05) is 5.01 Å². The number of nitrogens with one attached hydrogen (secondary N) is 1. The first-order valence-corrected chi connectivity index (χ1v) is 4.59. The molecule has 0 atom stereocenters. The second-order valence-electron chi connectivity index (χ2n) is 2.74. The molecule has 1 heterocycles. The van der Waals surface area contributed by atoms with Gasteiger partial charge < -0.3 is 0 Å². The molecular weight excluding hydrogens is 225 g/mol. The summed E-state index contributed by atoms with van der Waals surface area (Å²) in [5.74, 6) is 0. The van der Waals surface area contributed by atoms with Crippen LogP contribution in [-0.4, -0.2) is 10.4 Å². The molecule has 0 amide bonds. The van der Waals surface area contributed by atoms with Crippen LogP contribution < -0.4 is 10.5 Å². The van der Waals surface area contributed by atoms with Gasteiger partial charge in [0.1, 0.15) is 0 Å². The lowest BCUT2D eigenvalue weighted by Crippen LogP contribution is -2.37. The van der Waals surface area contributed by atoms with Crippen molar-refractivity contribution in [1.82, 2.24) is 10.7 Å². The van der Waals surface area contributed by atoms with E-state index in [4.69, 9.17) is 28.4 Å². The van der Waals surface area contributed by atoms with Gasteiger partial charge in [0.2, 0.25) is 0 Å². The molecule has 0 saturated carbocycles. The van der Waals surface area contributed by atoms with Crippen LogP contribution in [0.1, 0.15) is 0 Å². The van der Waals surface area contributed by atoms with E-state index in [0.717, 1.165) is 10.9 Å². The largest absolute Gasteiger partial charge is 0.272 e. The van der Waals surface area contributed by atoms with Crippen LogP contribution in [0.3, 0.4) is 0 Å². The highest BCUT2D eigenvalue weighted by Crippen LogP contribution is 2.25. The van der Waals surface area contributed by atoms with Gasteiger partial charge in [-0.25, -0.2) is 0 Å². The molecule has 0 fully saturated rings. The van der Waals surface area contributed by atoms with E-state index < -0.39 is 0 Å². The summed E-state index contributed by atoms with van der Waals surface area (Å²) in [5.41, 5.74) is 3.36. The Labute approximate surface area is 90.8 Å². The lowest BCUT2D eigenvalue weighted by atomic mass is 10.3. The summed E-state index contributed by atoms with van der Waals surface area (Å²) in [6.45, 7) is 0. The van der Waals surface area contributed by atoms with E-state index in [0.29, 0.717) is 10.0 Å². The second-order valence-corrected chi connectivity index (χ2v) is 3.61. The molecule has 0 unspecified atom stereocenters. The topological polar surface area (TPSA) is 38.7 Å². The molecule has 2 N–H and O–H groups in total. The number of hydrazine groups is 2. The average Bonchev–Trinajstić information content (AvgIpc) is 2.50. The van der Waals surface area contributed by atoms with Gasteiger partial charge in [0.25, 0.3) is 0 Å². The summed E-state index contributed by atoms with van der Waals surface area (Å²) < 4.78 is 0. The highest BCUT2D eigenvalue weighted by molar-refractivity contribution is 6.35. The molecule has 1 aromatic rings. The van der Waals surface area contributed by atoms with Crippen LogP contribution in [0.25, 0.3) is 0 Å². The Morgan fingerprint density at radius 2 is 1.71 bits per heavy atom. The van der Waals surface area contributed by atoms with Crippen LogP contribution in [-0.2, 0) is 0 Å². The van der Waals surface area contributed by atoms with E-state index in [1.165, 1.54) is 6.20 Å². The highest BCUT2D eigenvalue weighted by atomic mass is 35.5. The number of nitrogens with zero attached hydrogens (tertiary/aromatic N) is 2. The van der Waals surface area contributed by atoms with Crippen molar-refractivity contribution >= 4 is 28.9 Å². The van der Waals surface area contributed by atoms with Crippen LogP contribution in [0.15, 0.2) is 30.6 Å². The zero-order valence-electron chi connectivity index (χ0n) is 6.98. The van der Waals surface area contributed by atoms with E-state index in [1.807, 2.05) is 0 Å². The fraction of sp³-hybridized carbons (Fsp3) is 0. The quantitative estimate of drug-likeness (QED) is 0.779. The van der Waals surface area contributed by atoms with E-state index in [-0.39, 0.29) is 0 Å². The Morgan fingerprint density at radius 3 is 2.21 bits per heavy atom. The van der Waals surface area contributed by atoms with Gasteiger partial charge in [0.15, 0.2) is 0 Å². The average molecular weight is 232 g/mol. The normalized spacial score (nSPS) is 15.4. The third-order valence-corrected chi connectivity index (χ3v) is 2.13. The van der Waals surface area contributed by atoms with Gasteiger partial charge in [0, 0.05) is 16.2 Å². The minimum Gasteiger partial charge on any atom is -0.272 e. The standard InChI is InChI=1S/C8H7Cl2N3O/c9-6-3-7(10)5-8(4-6)12-1-2-13(14)11-12/h1-5,11,14H. The second kappa shape index (κ2) is 3.67. The van der Waals surface area contributed by atoms with E-state index in [9.17, 15) is 0 Å². The Morgan fingerprint density at radius 1 is 1.07 bits per heavy atom. The van der Waals surface area contributed by atoms with E-state index in [2.05, 4.69) is 5.53 Å². The van der Waals surface area contributed by atoms with Gasteiger partial charge in [-0.05, 0) is 18.2 Å². The summed E-state index contributed by atoms with van der Waals surface area (Å²) in [4.78, 5) is 0. The van der Waals surface area contributed by atoms with E-state index >= 15 is 0 Å². The monoisotopic (exact) mass is 231 g/mol. The van der Waals surface area contributed by atoms with Crippen molar-refractivity contribution in [1.29, 1.82) is 0 Å². The van der Waals surface area contributed by atoms with Crippen molar-refractivity contribution in [2.24, 2.45) is 0 Å². The Kier molecular flexibility index (Phi) is 2.52. The molecule has 0 aliphatic carbocycles. The van der Waals surface area contributed by atoms with Crippen LogP contribution >= 0.6 is 23.2 Å². The lowest BCUT2D eigenvalue weighted by molar-refractivity contribution is -0.0791. The number of hydrogen-bond donors (Lipinski definition) is 2. The van der Waals surface area contributed by atoms with Crippen LogP contribution in [0.5, 0.6) is 0 Å². The number of hydroxylamine groups is 1. The molecule has 6 heteroatoms. The molecule has 1 aliphatic rings. The molecule has 1 aliphatic heterocycles. The summed E-state index contributed by atoms with van der Waals surface area (Å²) in [6, 6.07) is 5.09. The SMILES string of the molecule is ON1C=CN(c2cc(Cl)cc(Cl)c2)N1. The number of hydrogen-bond acceptors (Lipinski definition) is 4. The molecule has 0 radical (unpaired) electrons. The first kappa shape index (κ1) is 9.61. The predicted octanol–water partition coefficient (Wildman–Crippen LogP) is 2.40. The van der Waals surface area contributed by atoms with Gasteiger partial charge >= 0.3 is 0 Å². The van der Waals surface area contributed by atoms with Crippen molar-refractivity contribution in [2.45, 2.75) is 0 Å². The van der Waals surface area contributed by atoms with Crippen molar-refractivity contribution in [3.8, 4) is 0 Å². The Bertz CT molecular complexity index is 363. The van der Waals surface area contributed by atoms with E-state index in [1.54, 1.807) is 29.4 Å². The maximum absolute atomic E-state index is 9.03. The fourth-order valence-electron chi connectivity index (χ4n) is 1.13. The number of halogens is 2. The minimum absolute atomic E-state index is 0.541. The van der Waals surface area contributed by atoms with Gasteiger partial charge in [-0.2, -0.15) is 5.17 Å². The third-order valence-electron chi connectivity index (χ3n) is 1.69. The zero-order valence-corrected chi connectivity index (χ0v) is 8.50. The van der Waals surface area contributed by atoms with Crippen molar-refractivity contribution < 1.29 is 5.21 Å². The van der Waals surface area contributed by atoms with Crippen LogP contribution in [0.2, 0.25) is 10.0 Å². The van der Waals surface area contributed by atoms with Crippen molar-refractivity contribution in [3.63, 3.8) is 0 Å². The molecule has 0 spiro atoms. The summed E-state index contributed by atoms with van der Waals surface area (Å²) in [7, 11) is 0. The molecule has 14 heavy (non-hydrogen) atoms. The lowest BCUT2D eigenvalue weighted by Gasteiger charge is -2.18. The molecule has 1 aromatic carbocycles. The highest BCUT2D eigenvalue weighted by Gasteiger charge is 2.12. The summed E-state index contributed by atoms with van der Waals surface area (Å²) in [6.07, 6.45) is 3.09. The fourth-order valence-corrected chi connectivity index (χ4v) is 1.64. The summed E-state index contributed by atoms with van der Waals surface area (Å²) >= 11 is 11.7. The first-order valence-electron chi connectivity index (χ1n) is 3.83. The Hall–Kier alpha value is -0.940. The van der Waals surface area contributed by atoms with Gasteiger partial charge in [-0.1, -0.05) is 23.2 Å². The third kappa shape index (κ3) is 1.93. The maximum Gasteiger partial charge on any atom is 0.0657 e. The minimum atomic E-state index is 0.541. The molecule has 4 nitrogen and oxygen atoms in total.